The number of aromatic nitrogens is 5. The molecule has 2 aromatic heterocycles. The van der Waals surface area contributed by atoms with Crippen LogP contribution in [0.15, 0.2) is 0 Å². The molecule has 2 aromatic rings. The van der Waals surface area contributed by atoms with Gasteiger partial charge in [0.25, 0.3) is 6.47 Å². The molecule has 2 N–H and O–H groups in total. The third-order valence-corrected chi connectivity index (χ3v) is 5.20. The maximum Gasteiger partial charge on any atom is 0.290 e. The number of nitrogens with zero attached hydrogens (tertiary/aromatic N) is 6. The summed E-state index contributed by atoms with van der Waals surface area (Å²) in [7, 11) is 1.95. The predicted octanol–water partition coefficient (Wildman–Crippen LogP) is 0.831. The van der Waals surface area contributed by atoms with Crippen LogP contribution in [0.3, 0.4) is 0 Å². The van der Waals surface area contributed by atoms with E-state index in [1.807, 2.05) is 30.5 Å². The van der Waals surface area contributed by atoms with E-state index in [-0.39, 0.29) is 12.4 Å². The fraction of sp³-hybridized carbons (Fsp3) is 0.632. The highest BCUT2D eigenvalue weighted by Gasteiger charge is 2.21. The molecule has 3 rings (SSSR count). The lowest BCUT2D eigenvalue weighted by atomic mass is 10.1. The lowest BCUT2D eigenvalue weighted by Gasteiger charge is -2.21. The van der Waals surface area contributed by atoms with Gasteiger partial charge in [-0.15, -0.1) is 0 Å². The number of carbonyl (C=O) groups is 2. The van der Waals surface area contributed by atoms with Gasteiger partial charge in [0.05, 0.1) is 12.2 Å². The molecule has 160 valence electrons. The predicted molar refractivity (Wildman–Crippen MR) is 107 cm³/mol. The molecule has 1 aliphatic heterocycles. The molecule has 0 radical (unpaired) electrons. The van der Waals surface area contributed by atoms with Crippen molar-refractivity contribution in [3.05, 3.63) is 28.6 Å². The number of aromatic amines is 1. The zero-order valence-corrected chi connectivity index (χ0v) is 17.7. The summed E-state index contributed by atoms with van der Waals surface area (Å²) in [6.07, 6.45) is 2.30. The van der Waals surface area contributed by atoms with Gasteiger partial charge < -0.3 is 10.0 Å². The zero-order valence-electron chi connectivity index (χ0n) is 17.7. The lowest BCUT2D eigenvalue weighted by molar-refractivity contribution is -0.131. The van der Waals surface area contributed by atoms with E-state index in [0.29, 0.717) is 6.42 Å². The summed E-state index contributed by atoms with van der Waals surface area (Å²) in [5, 5.41) is 18.4. The van der Waals surface area contributed by atoms with Crippen LogP contribution in [0.5, 0.6) is 0 Å². The Bertz CT molecular complexity index is 815. The van der Waals surface area contributed by atoms with Crippen LogP contribution in [0.2, 0.25) is 0 Å². The normalized spacial score (nSPS) is 14.8. The minimum atomic E-state index is -0.250. The Balaban J connectivity index is 0.000000941. The van der Waals surface area contributed by atoms with Gasteiger partial charge in [-0.3, -0.25) is 24.3 Å². The van der Waals surface area contributed by atoms with E-state index in [0.717, 1.165) is 68.6 Å². The average molecular weight is 406 g/mol. The molecule has 0 aliphatic carbocycles. The second kappa shape index (κ2) is 10.7. The molecule has 29 heavy (non-hydrogen) atoms. The number of H-pyrrole nitrogens is 1. The molecule has 1 saturated heterocycles. The van der Waals surface area contributed by atoms with E-state index < -0.39 is 0 Å². The van der Waals surface area contributed by atoms with E-state index in [2.05, 4.69) is 32.1 Å². The summed E-state index contributed by atoms with van der Waals surface area (Å²) in [6.45, 7) is 9.91. The fourth-order valence-corrected chi connectivity index (χ4v) is 3.61. The molecule has 0 atom stereocenters. The summed E-state index contributed by atoms with van der Waals surface area (Å²) in [5.41, 5.74) is 3.39. The summed E-state index contributed by atoms with van der Waals surface area (Å²) < 4.78 is 1.89. The van der Waals surface area contributed by atoms with Gasteiger partial charge >= 0.3 is 0 Å². The number of carbonyl (C=O) groups excluding carboxylic acids is 1. The molecule has 3 heterocycles. The number of rotatable bonds is 5. The number of carboxylic acid groups (broad SMARTS) is 1. The van der Waals surface area contributed by atoms with Crippen LogP contribution in [0.4, 0.5) is 0 Å². The van der Waals surface area contributed by atoms with Gasteiger partial charge in [-0.1, -0.05) is 0 Å². The summed E-state index contributed by atoms with van der Waals surface area (Å²) in [5.74, 6) is 1.90. The first kappa shape index (κ1) is 22.5. The van der Waals surface area contributed by atoms with Crippen LogP contribution in [-0.2, 0) is 29.6 Å². The van der Waals surface area contributed by atoms with E-state index in [1.54, 1.807) is 0 Å². The molecule has 0 aromatic carbocycles. The highest BCUT2D eigenvalue weighted by Crippen LogP contribution is 2.15. The Kier molecular flexibility index (Phi) is 8.32. The molecule has 10 heteroatoms. The fourth-order valence-electron chi connectivity index (χ4n) is 3.61. The van der Waals surface area contributed by atoms with E-state index in [4.69, 9.17) is 9.90 Å². The summed E-state index contributed by atoms with van der Waals surface area (Å²) in [6, 6.07) is 0. The van der Waals surface area contributed by atoms with Gasteiger partial charge in [-0.05, 0) is 39.2 Å². The molecule has 1 amide bonds. The van der Waals surface area contributed by atoms with Gasteiger partial charge in [0, 0.05) is 45.3 Å². The maximum absolute atomic E-state index is 12.7. The van der Waals surface area contributed by atoms with Crippen LogP contribution < -0.4 is 0 Å². The topological polar surface area (TPSA) is 120 Å². The van der Waals surface area contributed by atoms with Crippen molar-refractivity contribution in [2.45, 2.75) is 46.6 Å². The largest absolute Gasteiger partial charge is 0.483 e. The third kappa shape index (κ3) is 6.38. The smallest absolute Gasteiger partial charge is 0.290 e. The van der Waals surface area contributed by atoms with E-state index >= 15 is 0 Å². The van der Waals surface area contributed by atoms with Gasteiger partial charge in [-0.2, -0.15) is 10.2 Å². The highest BCUT2D eigenvalue weighted by atomic mass is 16.3. The first-order chi connectivity index (χ1) is 13.8. The maximum atomic E-state index is 12.7. The molecular formula is C19H31N7O3. The number of hydrogen-bond acceptors (Lipinski definition) is 6. The second-order valence-corrected chi connectivity index (χ2v) is 7.23. The molecule has 0 bridgehead atoms. The van der Waals surface area contributed by atoms with Crippen LogP contribution in [0, 0.1) is 20.8 Å². The van der Waals surface area contributed by atoms with Crippen molar-refractivity contribution in [1.29, 1.82) is 0 Å². The Morgan fingerprint density at radius 3 is 2.52 bits per heavy atom. The second-order valence-electron chi connectivity index (χ2n) is 7.23. The lowest BCUT2D eigenvalue weighted by Crippen LogP contribution is -2.35. The van der Waals surface area contributed by atoms with Gasteiger partial charge in [0.15, 0.2) is 5.82 Å². The number of nitrogens with one attached hydrogen (secondary N) is 1. The first-order valence-electron chi connectivity index (χ1n) is 9.80. The van der Waals surface area contributed by atoms with Gasteiger partial charge in [0.2, 0.25) is 5.91 Å². The van der Waals surface area contributed by atoms with Crippen molar-refractivity contribution < 1.29 is 14.7 Å². The average Bonchev–Trinajstić information content (AvgIpc) is 3.07. The van der Waals surface area contributed by atoms with Gasteiger partial charge in [-0.25, -0.2) is 4.98 Å². The molecule has 1 fully saturated rings. The summed E-state index contributed by atoms with van der Waals surface area (Å²) >= 11 is 0. The van der Waals surface area contributed by atoms with Crippen molar-refractivity contribution in [2.75, 3.05) is 26.2 Å². The van der Waals surface area contributed by atoms with Crippen molar-refractivity contribution in [1.82, 2.24) is 34.8 Å². The Hall–Kier alpha value is -2.75. The minimum Gasteiger partial charge on any atom is -0.483 e. The molecular weight excluding hydrogens is 374 g/mol. The molecule has 0 saturated carbocycles. The summed E-state index contributed by atoms with van der Waals surface area (Å²) in [4.78, 5) is 29.7. The van der Waals surface area contributed by atoms with Crippen molar-refractivity contribution in [2.24, 2.45) is 7.05 Å². The van der Waals surface area contributed by atoms with Crippen LogP contribution in [0.25, 0.3) is 0 Å². The first-order valence-corrected chi connectivity index (χ1v) is 9.80. The van der Waals surface area contributed by atoms with Crippen LogP contribution in [-0.4, -0.2) is 78.4 Å². The Morgan fingerprint density at radius 1 is 1.21 bits per heavy atom. The molecule has 0 spiro atoms. The highest BCUT2D eigenvalue weighted by molar-refractivity contribution is 5.76. The van der Waals surface area contributed by atoms with Crippen LogP contribution in [0.1, 0.15) is 41.4 Å². The quantitative estimate of drug-likeness (QED) is 0.707. The van der Waals surface area contributed by atoms with Crippen molar-refractivity contribution in [3.8, 4) is 0 Å². The van der Waals surface area contributed by atoms with E-state index in [9.17, 15) is 4.79 Å². The number of amides is 1. The van der Waals surface area contributed by atoms with Crippen molar-refractivity contribution in [3.63, 3.8) is 0 Å². The SMILES string of the molecule is Cc1nc(CN2CCCN(C(=O)CCc3c(C)nn(C)c3C)CC2)n[nH]1.O=CO. The van der Waals surface area contributed by atoms with E-state index in [1.165, 1.54) is 5.56 Å². The minimum absolute atomic E-state index is 0.239. The molecule has 10 nitrogen and oxygen atoms in total. The third-order valence-electron chi connectivity index (χ3n) is 5.20. The molecule has 0 unspecified atom stereocenters. The number of aryl methyl sites for hydroxylation is 3. The standard InChI is InChI=1S/C18H29N7O.CH2O2/c1-13-16(14(2)23(4)22-13)6-7-18(26)25-9-5-8-24(10-11-25)12-17-19-15(3)20-21-17;2-1-3/h5-12H2,1-4H3,(H,19,20,21);1H,(H,2,3). The van der Waals surface area contributed by atoms with Gasteiger partial charge in [0.1, 0.15) is 5.82 Å². The molecule has 1 aliphatic rings. The monoisotopic (exact) mass is 405 g/mol. The Labute approximate surface area is 170 Å². The zero-order chi connectivity index (χ0) is 21.4. The van der Waals surface area contributed by atoms with Crippen molar-refractivity contribution >= 4 is 12.4 Å². The number of hydrogen-bond donors (Lipinski definition) is 2. The van der Waals surface area contributed by atoms with Crippen LogP contribution >= 0.6 is 0 Å². The Morgan fingerprint density at radius 2 is 1.93 bits per heavy atom.